The van der Waals surface area contributed by atoms with Crippen LogP contribution in [0.25, 0.3) is 0 Å². The van der Waals surface area contributed by atoms with Crippen LogP contribution < -0.4 is 15.0 Å². The van der Waals surface area contributed by atoms with E-state index in [9.17, 15) is 34.2 Å². The minimum Gasteiger partial charge on any atom is -0.495 e. The maximum Gasteiger partial charge on any atom is 0.409 e. The fraction of sp³-hybridized carbons (Fsp3) is 0.583. The molecule has 4 aliphatic heterocycles. The van der Waals surface area contributed by atoms with E-state index in [1.54, 1.807) is 44.2 Å². The van der Waals surface area contributed by atoms with Gasteiger partial charge in [-0.15, -0.1) is 0 Å². The van der Waals surface area contributed by atoms with E-state index < -0.39 is 95.9 Å². The summed E-state index contributed by atoms with van der Waals surface area (Å²) in [6.07, 6.45) is -0.0658. The molecule has 3 saturated heterocycles. The number of ketones is 1. The van der Waals surface area contributed by atoms with Gasteiger partial charge in [0.25, 0.3) is 5.91 Å². The summed E-state index contributed by atoms with van der Waals surface area (Å²) in [6.45, 7) is 6.81. The van der Waals surface area contributed by atoms with E-state index in [-0.39, 0.29) is 22.9 Å². The van der Waals surface area contributed by atoms with Crippen LogP contribution in [0.5, 0.6) is 5.75 Å². The number of allylic oxidation sites excluding steroid dienone is 3. The first-order valence-electron chi connectivity index (χ1n) is 16.9. The smallest absolute Gasteiger partial charge is 0.409 e. The molecular weight excluding hydrogens is 702 g/mol. The van der Waals surface area contributed by atoms with Gasteiger partial charge < -0.3 is 43.7 Å². The zero-order valence-electron chi connectivity index (χ0n) is 30.4. The number of carbonyl (C=O) groups excluding carboxylic acids is 5. The van der Waals surface area contributed by atoms with Gasteiger partial charge in [0, 0.05) is 26.5 Å². The lowest BCUT2D eigenvalue weighted by molar-refractivity contribution is -0.169. The van der Waals surface area contributed by atoms with Gasteiger partial charge in [-0.3, -0.25) is 19.7 Å². The van der Waals surface area contributed by atoms with Crippen LogP contribution in [0.1, 0.15) is 53.0 Å². The van der Waals surface area contributed by atoms with Crippen molar-refractivity contribution < 1.29 is 57.9 Å². The number of methoxy groups -OCH3 is 2. The van der Waals surface area contributed by atoms with Crippen molar-refractivity contribution in [1.82, 2.24) is 10.2 Å². The molecule has 1 aromatic rings. The SMILES string of the molecule is COc1cc2cc(c1Cl)N1CC(=O)C(C)(O)C(=O)N(C)[C@@H](C)C(=O)O[C@@H](CC1=O)[C@@]1(C)O[C@H]1[C@H](C)[C@@H]1C[C@@](O)(NC(=O)O1)[C@H](OC)/C=C/C=C(\C)C2. The molecule has 3 fully saturated rings. The number of nitrogens with one attached hydrogen (secondary N) is 1. The van der Waals surface area contributed by atoms with Crippen molar-refractivity contribution in [2.24, 2.45) is 5.92 Å². The van der Waals surface area contributed by atoms with Crippen LogP contribution in [0.15, 0.2) is 35.9 Å². The number of esters is 1. The lowest BCUT2D eigenvalue weighted by atomic mass is 9.83. The maximum absolute atomic E-state index is 14.5. The number of rotatable bonds is 2. The van der Waals surface area contributed by atoms with Crippen molar-refractivity contribution in [2.45, 2.75) is 101 Å². The van der Waals surface area contributed by atoms with Gasteiger partial charge in [-0.25, -0.2) is 9.59 Å². The number of carbonyl (C=O) groups is 5. The summed E-state index contributed by atoms with van der Waals surface area (Å²) in [5.74, 6) is -4.19. The van der Waals surface area contributed by atoms with Gasteiger partial charge in [-0.05, 0) is 51.8 Å². The third-order valence-corrected chi connectivity index (χ3v) is 10.9. The van der Waals surface area contributed by atoms with Crippen LogP contribution in [0.3, 0.4) is 0 Å². The molecule has 1 unspecified atom stereocenters. The molecule has 16 heteroatoms. The molecule has 3 N–H and O–H groups in total. The Morgan fingerprint density at radius 3 is 2.40 bits per heavy atom. The van der Waals surface area contributed by atoms with Gasteiger partial charge in [-0.1, -0.05) is 42.3 Å². The van der Waals surface area contributed by atoms with Crippen molar-refractivity contribution in [3.63, 3.8) is 0 Å². The number of halogens is 1. The molecule has 0 spiro atoms. The Balaban J connectivity index is 1.70. The molecule has 4 aliphatic rings. The number of fused-ring (bicyclic) bond motifs is 10. The van der Waals surface area contributed by atoms with Crippen molar-refractivity contribution in [2.75, 3.05) is 32.7 Å². The molecule has 3 amide bonds. The van der Waals surface area contributed by atoms with E-state index in [0.717, 1.165) is 22.3 Å². The summed E-state index contributed by atoms with van der Waals surface area (Å²) < 4.78 is 28.9. The molecule has 0 radical (unpaired) electrons. The van der Waals surface area contributed by atoms with Crippen LogP contribution >= 0.6 is 11.6 Å². The zero-order chi connectivity index (χ0) is 38.5. The predicted molar refractivity (Wildman–Crippen MR) is 186 cm³/mol. The Morgan fingerprint density at radius 2 is 1.75 bits per heavy atom. The zero-order valence-corrected chi connectivity index (χ0v) is 31.2. The summed E-state index contributed by atoms with van der Waals surface area (Å²) in [7, 11) is 4.04. The summed E-state index contributed by atoms with van der Waals surface area (Å²) in [5.41, 5.74) is -4.34. The van der Waals surface area contributed by atoms with Gasteiger partial charge in [0.1, 0.15) is 40.7 Å². The molecule has 284 valence electrons. The highest BCUT2D eigenvalue weighted by molar-refractivity contribution is 6.35. The van der Waals surface area contributed by atoms with Gasteiger partial charge in [-0.2, -0.15) is 0 Å². The van der Waals surface area contributed by atoms with Gasteiger partial charge in [0.05, 0.1) is 31.9 Å². The van der Waals surface area contributed by atoms with Gasteiger partial charge >= 0.3 is 12.1 Å². The van der Waals surface area contributed by atoms with Crippen molar-refractivity contribution in [1.29, 1.82) is 0 Å². The van der Waals surface area contributed by atoms with E-state index in [0.29, 0.717) is 12.0 Å². The molecule has 1 aromatic carbocycles. The van der Waals surface area contributed by atoms with Crippen molar-refractivity contribution in [3.8, 4) is 5.75 Å². The number of anilines is 1. The molecule has 5 rings (SSSR count). The third-order valence-electron chi connectivity index (χ3n) is 10.6. The first-order chi connectivity index (χ1) is 24.3. The molecule has 0 saturated carbocycles. The molecule has 15 nitrogen and oxygen atoms in total. The lowest BCUT2D eigenvalue weighted by Gasteiger charge is -2.42. The van der Waals surface area contributed by atoms with Crippen LogP contribution in [-0.4, -0.2) is 120 Å². The second kappa shape index (κ2) is 14.4. The monoisotopic (exact) mass is 747 g/mol. The molecule has 6 bridgehead atoms. The predicted octanol–water partition coefficient (Wildman–Crippen LogP) is 2.22. The Bertz CT molecular complexity index is 1710. The Morgan fingerprint density at radius 1 is 1.06 bits per heavy atom. The maximum atomic E-state index is 14.5. The van der Waals surface area contributed by atoms with E-state index in [1.807, 2.05) is 6.92 Å². The molecular formula is C36H46ClN3O12. The van der Waals surface area contributed by atoms with Crippen LogP contribution in [-0.2, 0) is 44.5 Å². The number of ether oxygens (including phenoxy) is 5. The van der Waals surface area contributed by atoms with Crippen LogP contribution in [0.4, 0.5) is 10.5 Å². The van der Waals surface area contributed by atoms with Crippen molar-refractivity contribution >= 4 is 46.9 Å². The molecule has 52 heavy (non-hydrogen) atoms. The number of benzene rings is 1. The Hall–Kier alpha value is -4.02. The first-order valence-corrected chi connectivity index (χ1v) is 17.3. The van der Waals surface area contributed by atoms with Crippen LogP contribution in [0, 0.1) is 5.92 Å². The van der Waals surface area contributed by atoms with Crippen molar-refractivity contribution in [3.05, 3.63) is 46.5 Å². The molecule has 0 aliphatic carbocycles. The normalized spacial score (nSPS) is 37.8. The quantitative estimate of drug-likeness (QED) is 0.227. The Labute approximate surface area is 306 Å². The number of aliphatic hydroxyl groups is 2. The number of hydrogen-bond acceptors (Lipinski definition) is 12. The van der Waals surface area contributed by atoms with Crippen LogP contribution in [0.2, 0.25) is 5.02 Å². The Kier molecular flexibility index (Phi) is 10.9. The minimum atomic E-state index is -2.63. The average Bonchev–Trinajstić information content (AvgIpc) is 3.78. The van der Waals surface area contributed by atoms with Gasteiger partial charge in [0.15, 0.2) is 11.5 Å². The third kappa shape index (κ3) is 7.29. The standard InChI is InChI=1S/C36H46ClN3O12/c1-18-10-9-11-26(49-8)36(47)16-24(50-33(45)38-36)19(2)30-35(5,52-30)27-15-28(42)40(22-13-21(12-18)14-23(48-7)29(22)37)17-25(41)34(4,46)32(44)39(6)20(3)31(43)51-27/h9-11,13-14,19-20,24,26-27,30,46-47H,12,15-17H2,1-8H3,(H,38,45)/b11-9+,18-10+/t19-,20+,24+,26-,27+,30+,34?,35-,36+/m1/s1. The fourth-order valence-electron chi connectivity index (χ4n) is 7.04. The summed E-state index contributed by atoms with van der Waals surface area (Å²) >= 11 is 6.81. The highest BCUT2D eigenvalue weighted by atomic mass is 35.5. The second-order valence-corrected chi connectivity index (χ2v) is 14.7. The highest BCUT2D eigenvalue weighted by Crippen LogP contribution is 2.49. The average molecular weight is 748 g/mol. The number of amides is 3. The number of nitrogens with zero attached hydrogens (tertiary/aromatic N) is 2. The fourth-order valence-corrected chi connectivity index (χ4v) is 7.33. The van der Waals surface area contributed by atoms with E-state index in [1.165, 1.54) is 28.2 Å². The summed E-state index contributed by atoms with van der Waals surface area (Å²) in [5, 5.41) is 25.4. The summed E-state index contributed by atoms with van der Waals surface area (Å²) in [6, 6.07) is 1.99. The van der Waals surface area contributed by atoms with E-state index >= 15 is 0 Å². The largest absolute Gasteiger partial charge is 0.495 e. The summed E-state index contributed by atoms with van der Waals surface area (Å²) in [4.78, 5) is 70.2. The number of hydrogen-bond donors (Lipinski definition) is 3. The number of epoxide rings is 1. The highest BCUT2D eigenvalue weighted by Gasteiger charge is 2.65. The lowest BCUT2D eigenvalue weighted by Crippen LogP contribution is -2.63. The molecule has 0 aromatic heterocycles. The van der Waals surface area contributed by atoms with E-state index in [2.05, 4.69) is 5.32 Å². The van der Waals surface area contributed by atoms with Gasteiger partial charge in [0.2, 0.25) is 11.5 Å². The first kappa shape index (κ1) is 39.2. The number of alkyl carbamates (subject to hydrolysis) is 1. The number of Topliss-reactive ketones (excluding diaryl/α,β-unsaturated/α-hetero) is 1. The second-order valence-electron chi connectivity index (χ2n) is 14.3. The van der Waals surface area contributed by atoms with E-state index in [4.69, 9.17) is 35.3 Å². The molecule has 4 heterocycles. The molecule has 9 atom stereocenters. The number of likely N-dealkylation sites (N-methyl/N-ethyl adjacent to an activating group) is 1. The topological polar surface area (TPSA) is 194 Å². The minimum absolute atomic E-state index is 0.0182.